The van der Waals surface area contributed by atoms with Crippen LogP contribution >= 0.6 is 0 Å². The van der Waals surface area contributed by atoms with Crippen LogP contribution in [0.5, 0.6) is 0 Å². The smallest absolute Gasteiger partial charge is 0.309 e. The van der Waals surface area contributed by atoms with Gasteiger partial charge in [-0.15, -0.1) is 0 Å². The summed E-state index contributed by atoms with van der Waals surface area (Å²) in [6.45, 7) is 4.02. The summed E-state index contributed by atoms with van der Waals surface area (Å²) in [4.78, 5) is 25.3. The van der Waals surface area contributed by atoms with Crippen molar-refractivity contribution in [2.24, 2.45) is 5.92 Å². The molecule has 5 heteroatoms. The molecule has 2 N–H and O–H groups in total. The fraction of sp³-hybridized carbons (Fsp3) is 0.429. The minimum Gasteiger partial charge on any atom is -0.481 e. The van der Waals surface area contributed by atoms with E-state index in [4.69, 9.17) is 0 Å². The average Bonchev–Trinajstić information content (AvgIpc) is 2.49. The van der Waals surface area contributed by atoms with E-state index in [1.165, 1.54) is 0 Å². The molecule has 1 saturated heterocycles. The number of carbonyl (C=O) groups excluding carboxylic acids is 1. The Bertz CT molecular complexity index is 485. The van der Waals surface area contributed by atoms with Crippen molar-refractivity contribution >= 4 is 17.6 Å². The first-order valence-electron chi connectivity index (χ1n) is 6.26. The normalized spacial score (nSPS) is 22.9. The lowest BCUT2D eigenvalue weighted by Gasteiger charge is -2.29. The van der Waals surface area contributed by atoms with Gasteiger partial charge in [-0.2, -0.15) is 0 Å². The van der Waals surface area contributed by atoms with Gasteiger partial charge in [-0.3, -0.25) is 9.59 Å². The van der Waals surface area contributed by atoms with Crippen LogP contribution in [-0.2, 0) is 9.59 Å². The van der Waals surface area contributed by atoms with Crippen LogP contribution in [0, 0.1) is 5.92 Å². The lowest BCUT2D eigenvalue weighted by Crippen LogP contribution is -2.51. The van der Waals surface area contributed by atoms with Crippen molar-refractivity contribution in [3.8, 4) is 0 Å². The molecule has 1 aromatic rings. The molecular weight excluding hydrogens is 244 g/mol. The number of benzene rings is 1. The summed E-state index contributed by atoms with van der Waals surface area (Å²) in [5.41, 5.74) is -0.0319. The molecule has 0 bridgehead atoms. The zero-order valence-electron chi connectivity index (χ0n) is 11.1. The Morgan fingerprint density at radius 2 is 2.00 bits per heavy atom. The van der Waals surface area contributed by atoms with Crippen LogP contribution in [0.2, 0.25) is 0 Å². The number of aliphatic carboxylic acids is 1. The molecule has 1 aliphatic rings. The Hall–Kier alpha value is -1.88. The minimum atomic E-state index is -0.890. The maximum atomic E-state index is 12.5. The molecule has 1 heterocycles. The number of para-hydroxylation sites is 1. The molecule has 102 valence electrons. The second kappa shape index (κ2) is 5.01. The van der Waals surface area contributed by atoms with Crippen LogP contribution in [-0.4, -0.2) is 35.6 Å². The van der Waals surface area contributed by atoms with Gasteiger partial charge in [0.2, 0.25) is 5.91 Å². The van der Waals surface area contributed by atoms with Gasteiger partial charge in [0.05, 0.1) is 11.5 Å². The number of rotatable bonds is 2. The van der Waals surface area contributed by atoms with Crippen LogP contribution in [0.15, 0.2) is 30.3 Å². The van der Waals surface area contributed by atoms with Gasteiger partial charge in [0.1, 0.15) is 0 Å². The number of carboxylic acids is 1. The van der Waals surface area contributed by atoms with Gasteiger partial charge in [-0.25, -0.2) is 0 Å². The number of carbonyl (C=O) groups is 2. The quantitative estimate of drug-likeness (QED) is 0.837. The fourth-order valence-corrected chi connectivity index (χ4v) is 2.16. The number of hydrogen-bond donors (Lipinski definition) is 2. The Labute approximate surface area is 112 Å². The third-order valence-corrected chi connectivity index (χ3v) is 3.39. The lowest BCUT2D eigenvalue weighted by molar-refractivity contribution is -0.141. The first kappa shape index (κ1) is 13.5. The number of carboxylic acid groups (broad SMARTS) is 1. The average molecular weight is 262 g/mol. The summed E-state index contributed by atoms with van der Waals surface area (Å²) in [5, 5.41) is 12.2. The van der Waals surface area contributed by atoms with Crippen LogP contribution in [0.25, 0.3) is 0 Å². The van der Waals surface area contributed by atoms with Gasteiger partial charge in [-0.1, -0.05) is 18.2 Å². The molecular formula is C14H18N2O3. The maximum Gasteiger partial charge on any atom is 0.309 e. The first-order valence-corrected chi connectivity index (χ1v) is 6.26. The molecule has 0 radical (unpaired) electrons. The van der Waals surface area contributed by atoms with Crippen molar-refractivity contribution in [1.29, 1.82) is 0 Å². The molecule has 0 saturated carbocycles. The van der Waals surface area contributed by atoms with Crippen molar-refractivity contribution in [2.45, 2.75) is 19.4 Å². The highest BCUT2D eigenvalue weighted by atomic mass is 16.4. The highest BCUT2D eigenvalue weighted by molar-refractivity contribution is 6.00. The highest BCUT2D eigenvalue weighted by Gasteiger charge is 2.39. The molecule has 0 spiro atoms. The standard InChI is InChI=1S/C14H18N2O3/c1-14(2)13(19)16(11-6-4-3-5-7-11)9-10(8-15-14)12(17)18/h3-7,10,15H,8-9H2,1-2H3,(H,17,18). The zero-order valence-corrected chi connectivity index (χ0v) is 11.1. The topological polar surface area (TPSA) is 69.6 Å². The summed E-state index contributed by atoms with van der Waals surface area (Å²) in [6, 6.07) is 9.17. The molecule has 19 heavy (non-hydrogen) atoms. The monoisotopic (exact) mass is 262 g/mol. The first-order chi connectivity index (χ1) is 8.92. The SMILES string of the molecule is CC1(C)NCC(C(=O)O)CN(c2ccccc2)C1=O. The van der Waals surface area contributed by atoms with Gasteiger partial charge in [0.25, 0.3) is 0 Å². The third kappa shape index (κ3) is 2.76. The van der Waals surface area contributed by atoms with Gasteiger partial charge < -0.3 is 15.3 Å². The second-order valence-electron chi connectivity index (χ2n) is 5.29. The predicted molar refractivity (Wildman–Crippen MR) is 72.0 cm³/mol. The van der Waals surface area contributed by atoms with Gasteiger partial charge in [0.15, 0.2) is 0 Å². The molecule has 0 aromatic heterocycles. The fourth-order valence-electron chi connectivity index (χ4n) is 2.16. The van der Waals surface area contributed by atoms with Crippen LogP contribution in [0.1, 0.15) is 13.8 Å². The Kier molecular flexibility index (Phi) is 3.57. The highest BCUT2D eigenvalue weighted by Crippen LogP contribution is 2.22. The van der Waals surface area contributed by atoms with Crippen LogP contribution < -0.4 is 10.2 Å². The largest absolute Gasteiger partial charge is 0.481 e. The second-order valence-corrected chi connectivity index (χ2v) is 5.29. The molecule has 1 unspecified atom stereocenters. The van der Waals surface area contributed by atoms with Crippen molar-refractivity contribution in [1.82, 2.24) is 5.32 Å². The molecule has 1 aliphatic heterocycles. The summed E-state index contributed by atoms with van der Waals surface area (Å²) in [5.74, 6) is -1.60. The van der Waals surface area contributed by atoms with Crippen LogP contribution in [0.4, 0.5) is 5.69 Å². The molecule has 5 nitrogen and oxygen atoms in total. The van der Waals surface area contributed by atoms with E-state index < -0.39 is 17.4 Å². The molecule has 0 aliphatic carbocycles. The Morgan fingerprint density at radius 3 is 2.58 bits per heavy atom. The molecule has 1 amide bonds. The Balaban J connectivity index is 2.37. The minimum absolute atomic E-state index is 0.109. The third-order valence-electron chi connectivity index (χ3n) is 3.39. The van der Waals surface area contributed by atoms with E-state index in [0.29, 0.717) is 0 Å². The van der Waals surface area contributed by atoms with E-state index in [-0.39, 0.29) is 19.0 Å². The number of anilines is 1. The summed E-state index contributed by atoms with van der Waals surface area (Å²) in [7, 11) is 0. The summed E-state index contributed by atoms with van der Waals surface area (Å²) in [6.07, 6.45) is 0. The van der Waals surface area contributed by atoms with E-state index in [2.05, 4.69) is 5.32 Å². The van der Waals surface area contributed by atoms with E-state index in [9.17, 15) is 14.7 Å². The molecule has 2 rings (SSSR count). The number of amides is 1. The number of nitrogens with zero attached hydrogens (tertiary/aromatic N) is 1. The van der Waals surface area contributed by atoms with Gasteiger partial charge in [0, 0.05) is 18.8 Å². The van der Waals surface area contributed by atoms with E-state index in [1.54, 1.807) is 18.7 Å². The van der Waals surface area contributed by atoms with E-state index >= 15 is 0 Å². The predicted octanol–water partition coefficient (Wildman–Crippen LogP) is 1.10. The van der Waals surface area contributed by atoms with Gasteiger partial charge in [-0.05, 0) is 26.0 Å². The van der Waals surface area contributed by atoms with E-state index in [0.717, 1.165) is 5.69 Å². The van der Waals surface area contributed by atoms with Gasteiger partial charge >= 0.3 is 5.97 Å². The number of hydrogen-bond acceptors (Lipinski definition) is 3. The lowest BCUT2D eigenvalue weighted by atomic mass is 10.0. The summed E-state index contributed by atoms with van der Waals surface area (Å²) < 4.78 is 0. The van der Waals surface area contributed by atoms with Crippen LogP contribution in [0.3, 0.4) is 0 Å². The molecule has 1 fully saturated rings. The van der Waals surface area contributed by atoms with Crippen molar-refractivity contribution in [2.75, 3.05) is 18.0 Å². The van der Waals surface area contributed by atoms with Crippen molar-refractivity contribution in [3.63, 3.8) is 0 Å². The molecule has 1 aromatic carbocycles. The molecule has 1 atom stereocenters. The van der Waals surface area contributed by atoms with Crippen molar-refractivity contribution < 1.29 is 14.7 Å². The number of nitrogens with one attached hydrogen (secondary N) is 1. The van der Waals surface area contributed by atoms with E-state index in [1.807, 2.05) is 30.3 Å². The summed E-state index contributed by atoms with van der Waals surface area (Å²) >= 11 is 0. The zero-order chi connectivity index (χ0) is 14.0. The Morgan fingerprint density at radius 1 is 1.37 bits per heavy atom. The maximum absolute atomic E-state index is 12.5. The van der Waals surface area contributed by atoms with Crippen molar-refractivity contribution in [3.05, 3.63) is 30.3 Å².